The van der Waals surface area contributed by atoms with Gasteiger partial charge in [-0.2, -0.15) is 0 Å². The van der Waals surface area contributed by atoms with Gasteiger partial charge in [0.1, 0.15) is 5.60 Å². The summed E-state index contributed by atoms with van der Waals surface area (Å²) < 4.78 is 7.30. The molecular formula is C13H18BrNO3. The highest BCUT2D eigenvalue weighted by molar-refractivity contribution is 9.10. The molecule has 0 atom stereocenters. The van der Waals surface area contributed by atoms with Crippen molar-refractivity contribution in [2.45, 2.75) is 45.8 Å². The van der Waals surface area contributed by atoms with E-state index in [0.29, 0.717) is 23.9 Å². The maximum atomic E-state index is 11.7. The number of esters is 1. The molecule has 1 aromatic heterocycles. The molecule has 0 aliphatic carbocycles. The predicted molar refractivity (Wildman–Crippen MR) is 73.5 cm³/mol. The molecule has 1 aromatic rings. The Balaban J connectivity index is 2.45. The van der Waals surface area contributed by atoms with Crippen LogP contribution in [0.15, 0.2) is 27.6 Å². The van der Waals surface area contributed by atoms with Gasteiger partial charge in [-0.25, -0.2) is 0 Å². The highest BCUT2D eigenvalue weighted by atomic mass is 79.9. The lowest BCUT2D eigenvalue weighted by molar-refractivity contribution is -0.154. The molecule has 0 N–H and O–H groups in total. The molecule has 4 nitrogen and oxygen atoms in total. The van der Waals surface area contributed by atoms with Gasteiger partial charge in [-0.15, -0.1) is 0 Å². The smallest absolute Gasteiger partial charge is 0.306 e. The van der Waals surface area contributed by atoms with E-state index in [4.69, 9.17) is 4.74 Å². The van der Waals surface area contributed by atoms with Crippen molar-refractivity contribution in [2.24, 2.45) is 0 Å². The Morgan fingerprint density at radius 2 is 2.11 bits per heavy atom. The first-order valence-corrected chi connectivity index (χ1v) is 6.66. The number of halogens is 1. The summed E-state index contributed by atoms with van der Waals surface area (Å²) in [6, 6.07) is 3.49. The van der Waals surface area contributed by atoms with Crippen molar-refractivity contribution < 1.29 is 9.53 Å². The van der Waals surface area contributed by atoms with E-state index in [1.807, 2.05) is 20.8 Å². The molecule has 0 saturated carbocycles. The van der Waals surface area contributed by atoms with Gasteiger partial charge in [-0.1, -0.05) is 0 Å². The first-order valence-electron chi connectivity index (χ1n) is 5.86. The first kappa shape index (κ1) is 15.0. The van der Waals surface area contributed by atoms with E-state index in [0.717, 1.165) is 0 Å². The second kappa shape index (κ2) is 6.18. The van der Waals surface area contributed by atoms with Gasteiger partial charge < -0.3 is 9.30 Å². The third-order valence-electron chi connectivity index (χ3n) is 2.17. The molecule has 0 bridgehead atoms. The standard InChI is InChI=1S/C13H18BrNO3/c1-13(2,3)18-11(16)7-5-9-15-8-4-6-10(14)12(15)17/h4,6,8H,5,7,9H2,1-3H3. The van der Waals surface area contributed by atoms with E-state index < -0.39 is 5.60 Å². The molecular weight excluding hydrogens is 298 g/mol. The van der Waals surface area contributed by atoms with Gasteiger partial charge in [-0.3, -0.25) is 9.59 Å². The fourth-order valence-corrected chi connectivity index (χ4v) is 1.85. The fraction of sp³-hybridized carbons (Fsp3) is 0.538. The van der Waals surface area contributed by atoms with E-state index in [-0.39, 0.29) is 11.5 Å². The summed E-state index contributed by atoms with van der Waals surface area (Å²) in [4.78, 5) is 23.2. The van der Waals surface area contributed by atoms with Crippen LogP contribution in [0, 0.1) is 0 Å². The maximum absolute atomic E-state index is 11.7. The van der Waals surface area contributed by atoms with Crippen LogP contribution in [-0.2, 0) is 16.1 Å². The number of carbonyl (C=O) groups is 1. The highest BCUT2D eigenvalue weighted by Crippen LogP contribution is 2.09. The predicted octanol–water partition coefficient (Wildman–Crippen LogP) is 2.73. The van der Waals surface area contributed by atoms with Crippen LogP contribution in [0.1, 0.15) is 33.6 Å². The zero-order valence-corrected chi connectivity index (χ0v) is 12.5. The lowest BCUT2D eigenvalue weighted by atomic mass is 10.2. The van der Waals surface area contributed by atoms with Crippen LogP contribution in [0.25, 0.3) is 0 Å². The van der Waals surface area contributed by atoms with Crippen molar-refractivity contribution in [3.63, 3.8) is 0 Å². The molecule has 0 aliphatic heterocycles. The van der Waals surface area contributed by atoms with Crippen LogP contribution in [0.5, 0.6) is 0 Å². The van der Waals surface area contributed by atoms with Gasteiger partial charge in [0, 0.05) is 19.2 Å². The lowest BCUT2D eigenvalue weighted by Crippen LogP contribution is -2.24. The Morgan fingerprint density at radius 3 is 2.72 bits per heavy atom. The normalized spacial score (nSPS) is 11.3. The zero-order chi connectivity index (χ0) is 13.8. The molecule has 100 valence electrons. The minimum absolute atomic E-state index is 0.0818. The molecule has 0 amide bonds. The molecule has 0 aromatic carbocycles. The molecule has 18 heavy (non-hydrogen) atoms. The van der Waals surface area contributed by atoms with Crippen molar-refractivity contribution >= 4 is 21.9 Å². The third kappa shape index (κ3) is 5.04. The van der Waals surface area contributed by atoms with E-state index >= 15 is 0 Å². The molecule has 1 heterocycles. The average molecular weight is 316 g/mol. The van der Waals surface area contributed by atoms with E-state index in [9.17, 15) is 9.59 Å². The summed E-state index contributed by atoms with van der Waals surface area (Å²) in [5.41, 5.74) is -0.536. The number of pyridine rings is 1. The number of carbonyl (C=O) groups excluding carboxylic acids is 1. The van der Waals surface area contributed by atoms with Crippen LogP contribution in [0.2, 0.25) is 0 Å². The second-order valence-electron chi connectivity index (χ2n) is 5.04. The van der Waals surface area contributed by atoms with Crippen LogP contribution in [-0.4, -0.2) is 16.1 Å². The summed E-state index contributed by atoms with van der Waals surface area (Å²) in [6.45, 7) is 6.02. The second-order valence-corrected chi connectivity index (χ2v) is 5.90. The lowest BCUT2D eigenvalue weighted by Gasteiger charge is -2.19. The maximum Gasteiger partial charge on any atom is 0.306 e. The molecule has 1 rings (SSSR count). The number of hydrogen-bond acceptors (Lipinski definition) is 3. The van der Waals surface area contributed by atoms with Gasteiger partial charge in [-0.05, 0) is 55.3 Å². The average Bonchev–Trinajstić information content (AvgIpc) is 2.21. The minimum Gasteiger partial charge on any atom is -0.460 e. The summed E-state index contributed by atoms with van der Waals surface area (Å²) in [6.07, 6.45) is 2.61. The Hall–Kier alpha value is -1.10. The van der Waals surface area contributed by atoms with Gasteiger partial charge in [0.05, 0.1) is 4.47 Å². The molecule has 0 saturated heterocycles. The largest absolute Gasteiger partial charge is 0.460 e. The number of aromatic nitrogens is 1. The monoisotopic (exact) mass is 315 g/mol. The number of nitrogens with zero attached hydrogens (tertiary/aromatic N) is 1. The Labute approximate surface area is 115 Å². The molecule has 0 radical (unpaired) electrons. The van der Waals surface area contributed by atoms with Crippen molar-refractivity contribution in [1.29, 1.82) is 0 Å². The first-order chi connectivity index (χ1) is 8.29. The molecule has 0 unspecified atom stereocenters. The summed E-state index contributed by atoms with van der Waals surface area (Å²) in [5.74, 6) is -0.231. The van der Waals surface area contributed by atoms with Gasteiger partial charge in [0.25, 0.3) is 5.56 Å². The van der Waals surface area contributed by atoms with Crippen molar-refractivity contribution in [3.05, 3.63) is 33.2 Å². The summed E-state index contributed by atoms with van der Waals surface area (Å²) in [5, 5.41) is 0. The van der Waals surface area contributed by atoms with Crippen molar-refractivity contribution in [1.82, 2.24) is 4.57 Å². The molecule has 0 aliphatic rings. The molecule has 0 spiro atoms. The Kier molecular flexibility index (Phi) is 5.14. The summed E-state index contributed by atoms with van der Waals surface area (Å²) >= 11 is 3.18. The zero-order valence-electron chi connectivity index (χ0n) is 10.9. The Bertz CT molecular complexity index is 474. The summed E-state index contributed by atoms with van der Waals surface area (Å²) in [7, 11) is 0. The van der Waals surface area contributed by atoms with Crippen molar-refractivity contribution in [2.75, 3.05) is 0 Å². The Morgan fingerprint density at radius 1 is 1.44 bits per heavy atom. The quantitative estimate of drug-likeness (QED) is 0.803. The number of aryl methyl sites for hydroxylation is 1. The third-order valence-corrected chi connectivity index (χ3v) is 2.78. The van der Waals surface area contributed by atoms with Crippen LogP contribution in [0.4, 0.5) is 0 Å². The fourth-order valence-electron chi connectivity index (χ4n) is 1.47. The number of hydrogen-bond donors (Lipinski definition) is 0. The molecule has 0 fully saturated rings. The van der Waals surface area contributed by atoms with E-state index in [2.05, 4.69) is 15.9 Å². The minimum atomic E-state index is -0.455. The van der Waals surface area contributed by atoms with Gasteiger partial charge in [0.15, 0.2) is 0 Å². The number of ether oxygens (including phenoxy) is 1. The van der Waals surface area contributed by atoms with Crippen LogP contribution < -0.4 is 5.56 Å². The highest BCUT2D eigenvalue weighted by Gasteiger charge is 2.15. The van der Waals surface area contributed by atoms with E-state index in [1.165, 1.54) is 0 Å². The topological polar surface area (TPSA) is 48.3 Å². The van der Waals surface area contributed by atoms with E-state index in [1.54, 1.807) is 22.9 Å². The van der Waals surface area contributed by atoms with Gasteiger partial charge in [0.2, 0.25) is 0 Å². The van der Waals surface area contributed by atoms with Gasteiger partial charge >= 0.3 is 5.97 Å². The van der Waals surface area contributed by atoms with Crippen LogP contribution >= 0.6 is 15.9 Å². The SMILES string of the molecule is CC(C)(C)OC(=O)CCCn1cccc(Br)c1=O. The van der Waals surface area contributed by atoms with Crippen molar-refractivity contribution in [3.8, 4) is 0 Å². The number of rotatable bonds is 4. The molecule has 5 heteroatoms. The van der Waals surface area contributed by atoms with Crippen LogP contribution in [0.3, 0.4) is 0 Å².